The van der Waals surface area contributed by atoms with Gasteiger partial charge in [0, 0.05) is 6.42 Å². The average Bonchev–Trinajstić information content (AvgIpc) is 2.97. The highest BCUT2D eigenvalue weighted by molar-refractivity contribution is 8.45. The highest BCUT2D eigenvalue weighted by Gasteiger charge is 2.73. The van der Waals surface area contributed by atoms with Gasteiger partial charge in [-0.05, 0) is 12.1 Å². The molecule has 1 unspecified atom stereocenters. The zero-order valence-electron chi connectivity index (χ0n) is 14.1. The number of nitrogens with two attached hydrogens (primary N) is 2. The van der Waals surface area contributed by atoms with Gasteiger partial charge in [-0.2, -0.15) is 10.4 Å². The quantitative estimate of drug-likeness (QED) is 0.396. The number of nitrogens with zero attached hydrogens (tertiary/aromatic N) is 3. The van der Waals surface area contributed by atoms with E-state index >= 15 is 0 Å². The van der Waals surface area contributed by atoms with Crippen molar-refractivity contribution in [2.75, 3.05) is 5.73 Å². The van der Waals surface area contributed by atoms with Gasteiger partial charge in [0.05, 0.1) is 15.6 Å². The van der Waals surface area contributed by atoms with Crippen LogP contribution < -0.4 is 11.5 Å². The van der Waals surface area contributed by atoms with Crippen LogP contribution >= 0.6 is 56.6 Å². The fourth-order valence-corrected chi connectivity index (χ4v) is 5.25. The van der Waals surface area contributed by atoms with Crippen LogP contribution in [0.1, 0.15) is 17.7 Å². The third-order valence-corrected chi connectivity index (χ3v) is 7.12. The van der Waals surface area contributed by atoms with Gasteiger partial charge in [0.2, 0.25) is 5.91 Å². The molecule has 1 amide bonds. The molecule has 2 aromatic rings. The fraction of sp³-hybridized carbons (Fsp3) is 0.214. The molecule has 164 valence electrons. The normalized spacial score (nSPS) is 22.7. The van der Waals surface area contributed by atoms with Gasteiger partial charge >= 0.3 is 10.2 Å². The second-order valence-electron chi connectivity index (χ2n) is 6.49. The Morgan fingerprint density at radius 1 is 1.20 bits per heavy atom. The number of amides is 1. The van der Waals surface area contributed by atoms with Gasteiger partial charge in [-0.25, -0.2) is 4.68 Å². The first kappa shape index (κ1) is 23.0. The molecule has 0 spiro atoms. The molecular weight excluding hydrogens is 523 g/mol. The van der Waals surface area contributed by atoms with E-state index in [1.165, 1.54) is 0 Å². The number of carbonyl (C=O) groups is 1. The Labute approximate surface area is 185 Å². The molecule has 1 aliphatic rings. The van der Waals surface area contributed by atoms with Crippen molar-refractivity contribution in [1.29, 1.82) is 5.26 Å². The van der Waals surface area contributed by atoms with E-state index in [2.05, 4.69) is 5.10 Å². The topological polar surface area (TPSA) is 111 Å². The monoisotopic (exact) mass is 529 g/mol. The third-order valence-electron chi connectivity index (χ3n) is 4.51. The Morgan fingerprint density at radius 2 is 1.67 bits per heavy atom. The van der Waals surface area contributed by atoms with Crippen LogP contribution in [-0.2, 0) is 10.2 Å². The van der Waals surface area contributed by atoms with Gasteiger partial charge in [0.25, 0.3) is 0 Å². The maximum atomic E-state index is 13.1. The Morgan fingerprint density at radius 3 is 2.00 bits per heavy atom. The van der Waals surface area contributed by atoms with Crippen molar-refractivity contribution >= 4 is 68.4 Å². The lowest BCUT2D eigenvalue weighted by Gasteiger charge is -2.40. The molecule has 16 heteroatoms. The smallest absolute Gasteiger partial charge is 0.310 e. The van der Waals surface area contributed by atoms with E-state index in [1.807, 2.05) is 0 Å². The van der Waals surface area contributed by atoms with Gasteiger partial charge in [-0.1, -0.05) is 42.6 Å². The number of alkyl halides is 2. The molecule has 1 fully saturated rings. The SMILES string of the molecule is N#Cc1nn(-c2c(Cl)cc(S(F)(F)(F)(F)F)cc2Cl)c(N)c1C1(C(N)=O)CC1(Cl)Cl. The summed E-state index contributed by atoms with van der Waals surface area (Å²) in [5.41, 5.74) is 8.20. The molecular formula is C14H8Cl4F5N5OS. The molecule has 0 saturated heterocycles. The van der Waals surface area contributed by atoms with Crippen molar-refractivity contribution in [1.82, 2.24) is 9.78 Å². The predicted molar refractivity (Wildman–Crippen MR) is 104 cm³/mol. The molecule has 1 aromatic carbocycles. The number of rotatable bonds is 4. The second kappa shape index (κ2) is 5.77. The number of nitrogen functional groups attached to an aromatic ring is 1. The Bertz CT molecular complexity index is 1150. The summed E-state index contributed by atoms with van der Waals surface area (Å²) in [5, 5.41) is 11.4. The van der Waals surface area contributed by atoms with Crippen LogP contribution in [0, 0.1) is 11.3 Å². The molecule has 1 aliphatic carbocycles. The molecule has 0 radical (unpaired) electrons. The van der Waals surface area contributed by atoms with Gasteiger partial charge in [0.1, 0.15) is 32.2 Å². The minimum Gasteiger partial charge on any atom is -0.383 e. The summed E-state index contributed by atoms with van der Waals surface area (Å²) in [6, 6.07) is 1.53. The van der Waals surface area contributed by atoms with Crippen molar-refractivity contribution in [3.8, 4) is 11.8 Å². The fourth-order valence-electron chi connectivity index (χ4n) is 3.02. The third kappa shape index (κ3) is 3.33. The number of hydrogen-bond acceptors (Lipinski definition) is 4. The predicted octanol–water partition coefficient (Wildman–Crippen LogP) is 5.59. The number of halogens is 9. The van der Waals surface area contributed by atoms with E-state index in [-0.39, 0.29) is 24.1 Å². The van der Waals surface area contributed by atoms with Gasteiger partial charge < -0.3 is 11.5 Å². The van der Waals surface area contributed by atoms with E-state index in [4.69, 9.17) is 57.9 Å². The summed E-state index contributed by atoms with van der Waals surface area (Å²) in [4.78, 5) is 9.68. The van der Waals surface area contributed by atoms with Crippen molar-refractivity contribution in [2.24, 2.45) is 5.73 Å². The van der Waals surface area contributed by atoms with Crippen molar-refractivity contribution in [2.45, 2.75) is 21.1 Å². The highest BCUT2D eigenvalue weighted by Crippen LogP contribution is 3.02. The first-order valence-corrected chi connectivity index (χ1v) is 10.9. The van der Waals surface area contributed by atoms with Gasteiger partial charge in [-0.3, -0.25) is 4.79 Å². The molecule has 1 saturated carbocycles. The molecule has 1 aromatic heterocycles. The number of benzene rings is 1. The Hall–Kier alpha value is -1.65. The van der Waals surface area contributed by atoms with Crippen molar-refractivity contribution < 1.29 is 24.2 Å². The molecule has 3 rings (SSSR count). The van der Waals surface area contributed by atoms with E-state index in [9.17, 15) is 29.5 Å². The van der Waals surface area contributed by atoms with Crippen LogP contribution in [-0.4, -0.2) is 20.0 Å². The molecule has 30 heavy (non-hydrogen) atoms. The van der Waals surface area contributed by atoms with Crippen LogP contribution in [0.2, 0.25) is 10.0 Å². The molecule has 0 bridgehead atoms. The average molecular weight is 531 g/mol. The lowest BCUT2D eigenvalue weighted by molar-refractivity contribution is -0.120. The molecule has 0 aliphatic heterocycles. The zero-order chi connectivity index (χ0) is 23.1. The van der Waals surface area contributed by atoms with Crippen LogP contribution in [0.5, 0.6) is 0 Å². The maximum absolute atomic E-state index is 13.1. The first-order valence-electron chi connectivity index (χ1n) is 7.47. The van der Waals surface area contributed by atoms with Crippen molar-refractivity contribution in [3.05, 3.63) is 33.4 Å². The number of hydrogen-bond donors (Lipinski definition) is 2. The highest BCUT2D eigenvalue weighted by atomic mass is 35.5. The van der Waals surface area contributed by atoms with E-state index in [0.717, 1.165) is 0 Å². The van der Waals surface area contributed by atoms with Gasteiger partial charge in [0.15, 0.2) is 5.69 Å². The second-order valence-corrected chi connectivity index (χ2v) is 11.2. The Balaban J connectivity index is 2.30. The lowest BCUT2D eigenvalue weighted by atomic mass is 9.94. The summed E-state index contributed by atoms with van der Waals surface area (Å²) in [6.45, 7) is 0. The summed E-state index contributed by atoms with van der Waals surface area (Å²) in [7, 11) is -10.1. The minimum absolute atomic E-state index is 0.0501. The maximum Gasteiger partial charge on any atom is 0.310 e. The Kier molecular flexibility index (Phi) is 4.43. The lowest BCUT2D eigenvalue weighted by Crippen LogP contribution is -2.34. The molecule has 6 nitrogen and oxygen atoms in total. The summed E-state index contributed by atoms with van der Waals surface area (Å²) < 4.78 is 64.4. The van der Waals surface area contributed by atoms with E-state index in [0.29, 0.717) is 4.68 Å². The summed E-state index contributed by atoms with van der Waals surface area (Å²) in [5.74, 6) is -1.53. The first-order chi connectivity index (χ1) is 13.3. The van der Waals surface area contributed by atoms with E-state index < -0.39 is 58.0 Å². The van der Waals surface area contributed by atoms with Crippen LogP contribution in [0.15, 0.2) is 17.0 Å². The number of anilines is 1. The molecule has 1 heterocycles. The van der Waals surface area contributed by atoms with Crippen molar-refractivity contribution in [3.63, 3.8) is 0 Å². The minimum atomic E-state index is -10.1. The van der Waals surface area contributed by atoms with Crippen LogP contribution in [0.25, 0.3) is 5.69 Å². The van der Waals surface area contributed by atoms with E-state index in [1.54, 1.807) is 6.07 Å². The number of nitriles is 1. The summed E-state index contributed by atoms with van der Waals surface area (Å²) in [6.07, 6.45) is -0.229. The number of primary amides is 1. The summed E-state index contributed by atoms with van der Waals surface area (Å²) >= 11 is 23.6. The largest absolute Gasteiger partial charge is 0.383 e. The standard InChI is InChI=1S/C14H8Cl4F5N5OS/c15-6-1-5(30(19,20,21,22)23)2-7(16)10(6)28-11(25)9(8(3-24)27-28)13(12(26)29)4-14(13,17)18/h1-2H,4,25H2,(H2,26,29). The zero-order valence-corrected chi connectivity index (χ0v) is 17.9. The molecule has 4 N–H and O–H groups in total. The van der Waals surface area contributed by atoms with Crippen LogP contribution in [0.4, 0.5) is 25.2 Å². The molecule has 1 atom stereocenters. The number of carbonyl (C=O) groups excluding carboxylic acids is 1. The van der Waals surface area contributed by atoms with Gasteiger partial charge in [-0.15, -0.1) is 23.2 Å². The number of aromatic nitrogens is 2. The van der Waals surface area contributed by atoms with Crippen LogP contribution in [0.3, 0.4) is 0 Å².